The second-order valence-corrected chi connectivity index (χ2v) is 3.47. The van der Waals surface area contributed by atoms with Gasteiger partial charge in [-0.1, -0.05) is 12.1 Å². The van der Waals surface area contributed by atoms with Gasteiger partial charge in [-0.15, -0.1) is 0 Å². The van der Waals surface area contributed by atoms with Crippen LogP contribution in [0.15, 0.2) is 30.3 Å². The van der Waals surface area contributed by atoms with Crippen molar-refractivity contribution in [3.05, 3.63) is 52.1 Å². The molecule has 0 atom stereocenters. The molecule has 1 heterocycles. The van der Waals surface area contributed by atoms with Crippen molar-refractivity contribution in [2.75, 3.05) is 5.73 Å². The van der Waals surface area contributed by atoms with E-state index < -0.39 is 28.3 Å². The molecule has 6 nitrogen and oxygen atoms in total. The molecule has 0 bridgehead atoms. The highest BCUT2D eigenvalue weighted by Crippen LogP contribution is 2.31. The fraction of sp³-hybridized carbons (Fsp3) is 0. The maximum atomic E-state index is 13.4. The number of hydrogen-bond donors (Lipinski definition) is 1. The van der Waals surface area contributed by atoms with E-state index >= 15 is 0 Å². The van der Waals surface area contributed by atoms with Crippen molar-refractivity contribution in [3.63, 3.8) is 0 Å². The van der Waals surface area contributed by atoms with Gasteiger partial charge in [-0.25, -0.2) is 8.78 Å². The first-order chi connectivity index (χ1) is 8.99. The van der Waals surface area contributed by atoms with Crippen molar-refractivity contribution in [3.8, 4) is 11.6 Å². The van der Waals surface area contributed by atoms with Gasteiger partial charge in [-0.2, -0.15) is 4.98 Å². The summed E-state index contributed by atoms with van der Waals surface area (Å²) in [6.07, 6.45) is 0. The fourth-order valence-electron chi connectivity index (χ4n) is 1.33. The van der Waals surface area contributed by atoms with E-state index in [2.05, 4.69) is 4.98 Å². The highest BCUT2D eigenvalue weighted by atomic mass is 19.1. The molecular formula is C11H7F2N3O3. The molecule has 0 saturated carbocycles. The minimum atomic E-state index is -1.11. The quantitative estimate of drug-likeness (QED) is 0.681. The van der Waals surface area contributed by atoms with Gasteiger partial charge < -0.3 is 10.5 Å². The van der Waals surface area contributed by atoms with E-state index in [1.165, 1.54) is 24.3 Å². The smallest absolute Gasteiger partial charge is 0.311 e. The molecule has 0 unspecified atom stereocenters. The summed E-state index contributed by atoms with van der Waals surface area (Å²) in [5.41, 5.74) is 4.81. The Morgan fingerprint density at radius 2 is 1.95 bits per heavy atom. The highest BCUT2D eigenvalue weighted by molar-refractivity contribution is 5.48. The normalized spacial score (nSPS) is 10.2. The molecule has 8 heteroatoms. The molecule has 1 aromatic carbocycles. The van der Waals surface area contributed by atoms with E-state index in [0.29, 0.717) is 6.07 Å². The molecule has 0 radical (unpaired) electrons. The summed E-state index contributed by atoms with van der Waals surface area (Å²) < 4.78 is 31.3. The molecule has 19 heavy (non-hydrogen) atoms. The fourth-order valence-corrected chi connectivity index (χ4v) is 1.33. The lowest BCUT2D eigenvalue weighted by molar-refractivity contribution is -0.385. The number of nitro groups is 1. The second-order valence-electron chi connectivity index (χ2n) is 3.47. The number of rotatable bonds is 3. The van der Waals surface area contributed by atoms with Crippen molar-refractivity contribution in [2.45, 2.75) is 0 Å². The Balaban J connectivity index is 2.42. The zero-order valence-corrected chi connectivity index (χ0v) is 9.34. The van der Waals surface area contributed by atoms with E-state index in [1.807, 2.05) is 0 Å². The SMILES string of the molecule is Nc1nc(Oc2ccccc2[N+](=O)[O-])c(F)cc1F. The van der Waals surface area contributed by atoms with Gasteiger partial charge in [-0.05, 0) is 6.07 Å². The zero-order valence-electron chi connectivity index (χ0n) is 9.34. The van der Waals surface area contributed by atoms with Crippen LogP contribution in [0.3, 0.4) is 0 Å². The summed E-state index contributed by atoms with van der Waals surface area (Å²) in [4.78, 5) is 13.4. The molecule has 0 amide bonds. The monoisotopic (exact) mass is 267 g/mol. The first-order valence-corrected chi connectivity index (χ1v) is 5.02. The van der Waals surface area contributed by atoms with Crippen molar-refractivity contribution in [1.29, 1.82) is 0 Å². The van der Waals surface area contributed by atoms with Gasteiger partial charge >= 0.3 is 5.69 Å². The van der Waals surface area contributed by atoms with Crippen molar-refractivity contribution in [1.82, 2.24) is 4.98 Å². The van der Waals surface area contributed by atoms with Crippen molar-refractivity contribution < 1.29 is 18.4 Å². The number of nitrogen functional groups attached to an aromatic ring is 1. The third kappa shape index (κ3) is 2.57. The van der Waals surface area contributed by atoms with E-state index in [-0.39, 0.29) is 11.4 Å². The zero-order chi connectivity index (χ0) is 14.0. The number of halogens is 2. The summed E-state index contributed by atoms with van der Waals surface area (Å²) in [7, 11) is 0. The molecule has 0 aliphatic heterocycles. The number of pyridine rings is 1. The van der Waals surface area contributed by atoms with Crippen LogP contribution < -0.4 is 10.5 Å². The van der Waals surface area contributed by atoms with Crippen LogP contribution in [-0.4, -0.2) is 9.91 Å². The Morgan fingerprint density at radius 3 is 2.63 bits per heavy atom. The topological polar surface area (TPSA) is 91.3 Å². The standard InChI is InChI=1S/C11H7F2N3O3/c12-6-5-7(13)11(15-10(6)14)19-9-4-2-1-3-8(9)16(17)18/h1-5H,(H2,14,15). The van der Waals surface area contributed by atoms with Crippen LogP contribution in [0.5, 0.6) is 11.6 Å². The molecule has 0 spiro atoms. The largest absolute Gasteiger partial charge is 0.429 e. The highest BCUT2D eigenvalue weighted by Gasteiger charge is 2.18. The number of anilines is 1. The summed E-state index contributed by atoms with van der Waals surface area (Å²) in [5.74, 6) is -3.55. The lowest BCUT2D eigenvalue weighted by Gasteiger charge is -2.07. The van der Waals surface area contributed by atoms with E-state index in [0.717, 1.165) is 0 Å². The van der Waals surface area contributed by atoms with E-state index in [9.17, 15) is 18.9 Å². The van der Waals surface area contributed by atoms with Gasteiger partial charge in [0.15, 0.2) is 17.5 Å². The molecule has 0 aliphatic carbocycles. The molecule has 0 aliphatic rings. The minimum Gasteiger partial charge on any atom is -0.429 e. The molecule has 2 N–H and O–H groups in total. The Kier molecular flexibility index (Phi) is 3.23. The van der Waals surface area contributed by atoms with Crippen LogP contribution in [-0.2, 0) is 0 Å². The van der Waals surface area contributed by atoms with Crippen molar-refractivity contribution in [2.24, 2.45) is 0 Å². The van der Waals surface area contributed by atoms with E-state index in [4.69, 9.17) is 10.5 Å². The number of nitro benzene ring substituents is 1. The maximum absolute atomic E-state index is 13.4. The van der Waals surface area contributed by atoms with Crippen LogP contribution in [0, 0.1) is 21.7 Å². The lowest BCUT2D eigenvalue weighted by atomic mass is 10.3. The number of nitrogens with two attached hydrogens (primary N) is 1. The molecular weight excluding hydrogens is 260 g/mol. The molecule has 0 saturated heterocycles. The average molecular weight is 267 g/mol. The second kappa shape index (κ2) is 4.84. The summed E-state index contributed by atoms with van der Waals surface area (Å²) >= 11 is 0. The number of para-hydroxylation sites is 2. The summed E-state index contributed by atoms with van der Waals surface area (Å²) in [6.45, 7) is 0. The molecule has 0 fully saturated rings. The van der Waals surface area contributed by atoms with Gasteiger partial charge in [0.25, 0.3) is 5.88 Å². The summed E-state index contributed by atoms with van der Waals surface area (Å²) in [5, 5.41) is 10.7. The third-order valence-corrected chi connectivity index (χ3v) is 2.19. The predicted molar refractivity (Wildman–Crippen MR) is 61.7 cm³/mol. The van der Waals surface area contributed by atoms with Gasteiger partial charge in [-0.3, -0.25) is 10.1 Å². The Labute approximate surface area is 105 Å². The number of hydrogen-bond acceptors (Lipinski definition) is 5. The van der Waals surface area contributed by atoms with Crippen LogP contribution in [0.1, 0.15) is 0 Å². The molecule has 2 aromatic rings. The number of benzene rings is 1. The van der Waals surface area contributed by atoms with Crippen LogP contribution in [0.4, 0.5) is 20.3 Å². The van der Waals surface area contributed by atoms with Crippen LogP contribution in [0.2, 0.25) is 0 Å². The Hall–Kier alpha value is -2.77. The van der Waals surface area contributed by atoms with Gasteiger partial charge in [0.05, 0.1) is 4.92 Å². The van der Waals surface area contributed by atoms with Crippen molar-refractivity contribution >= 4 is 11.5 Å². The van der Waals surface area contributed by atoms with Gasteiger partial charge in [0.1, 0.15) is 0 Å². The van der Waals surface area contributed by atoms with Crippen LogP contribution >= 0.6 is 0 Å². The third-order valence-electron chi connectivity index (χ3n) is 2.19. The van der Waals surface area contributed by atoms with Gasteiger partial charge in [0, 0.05) is 12.1 Å². The summed E-state index contributed by atoms with van der Waals surface area (Å²) in [6, 6.07) is 5.83. The first-order valence-electron chi connectivity index (χ1n) is 5.02. The first kappa shape index (κ1) is 12.7. The number of ether oxygens (including phenoxy) is 1. The molecule has 2 rings (SSSR count). The minimum absolute atomic E-state index is 0.218. The molecule has 98 valence electrons. The van der Waals surface area contributed by atoms with Crippen LogP contribution in [0.25, 0.3) is 0 Å². The lowest BCUT2D eigenvalue weighted by Crippen LogP contribution is -2.01. The Morgan fingerprint density at radius 1 is 1.26 bits per heavy atom. The van der Waals surface area contributed by atoms with Gasteiger partial charge in [0.2, 0.25) is 5.75 Å². The van der Waals surface area contributed by atoms with E-state index in [1.54, 1.807) is 0 Å². The predicted octanol–water partition coefficient (Wildman–Crippen LogP) is 2.64. The maximum Gasteiger partial charge on any atom is 0.311 e. The number of aromatic nitrogens is 1. The number of nitrogens with zero attached hydrogens (tertiary/aromatic N) is 2. The Bertz CT molecular complexity index is 649. The average Bonchev–Trinajstić information content (AvgIpc) is 2.36. The molecule has 1 aromatic heterocycles.